The molecule has 0 unspecified atom stereocenters. The van der Waals surface area contributed by atoms with Crippen LogP contribution in [-0.2, 0) is 11.3 Å². The van der Waals surface area contributed by atoms with E-state index in [0.717, 1.165) is 41.9 Å². The number of hydrogen-bond donors (Lipinski definition) is 1. The predicted molar refractivity (Wildman–Crippen MR) is 94.2 cm³/mol. The molecule has 5 heteroatoms. The first kappa shape index (κ1) is 15.7. The van der Waals surface area contributed by atoms with Gasteiger partial charge in [0.2, 0.25) is 0 Å². The highest BCUT2D eigenvalue weighted by Crippen LogP contribution is 2.40. The summed E-state index contributed by atoms with van der Waals surface area (Å²) in [5, 5.41) is 10.7. The number of rotatable bonds is 2. The van der Waals surface area contributed by atoms with Gasteiger partial charge in [-0.25, -0.2) is 4.89 Å². The van der Waals surface area contributed by atoms with E-state index in [0.29, 0.717) is 6.42 Å². The molecule has 1 aromatic heterocycles. The molecule has 1 fully saturated rings. The van der Waals surface area contributed by atoms with Gasteiger partial charge in [-0.1, -0.05) is 29.8 Å². The molecule has 0 saturated carbocycles. The van der Waals surface area contributed by atoms with Crippen molar-refractivity contribution in [2.75, 3.05) is 19.8 Å². The minimum atomic E-state index is 0.217. The quantitative estimate of drug-likeness (QED) is 0.666. The SMILES string of the molecule is O=C1Cc2ccccc2C(=C2CCN(COO)CC2)c2ccsc21. The number of fused-ring (bicyclic) bond motifs is 2. The molecule has 0 atom stereocenters. The number of carbonyl (C=O) groups excluding carboxylic acids is 1. The number of carbonyl (C=O) groups is 1. The van der Waals surface area contributed by atoms with Gasteiger partial charge in [0, 0.05) is 25.1 Å². The summed E-state index contributed by atoms with van der Waals surface area (Å²) in [6.45, 7) is 1.96. The number of nitrogens with zero attached hydrogens (tertiary/aromatic N) is 1. The molecular weight excluding hydrogens is 322 g/mol. The van der Waals surface area contributed by atoms with Gasteiger partial charge in [-0.3, -0.25) is 15.0 Å². The van der Waals surface area contributed by atoms with E-state index in [9.17, 15) is 4.79 Å². The van der Waals surface area contributed by atoms with Gasteiger partial charge in [0.25, 0.3) is 0 Å². The van der Waals surface area contributed by atoms with Gasteiger partial charge in [0.05, 0.1) is 4.88 Å². The van der Waals surface area contributed by atoms with E-state index in [1.54, 1.807) is 11.3 Å². The first-order valence-corrected chi connectivity index (χ1v) is 9.06. The van der Waals surface area contributed by atoms with Crippen LogP contribution in [0.15, 0.2) is 41.3 Å². The van der Waals surface area contributed by atoms with Gasteiger partial charge in [-0.05, 0) is 41.0 Å². The summed E-state index contributed by atoms with van der Waals surface area (Å²) in [5.74, 6) is 0.217. The Morgan fingerprint density at radius 3 is 2.71 bits per heavy atom. The third-order valence-corrected chi connectivity index (χ3v) is 5.83. The van der Waals surface area contributed by atoms with Crippen molar-refractivity contribution in [2.45, 2.75) is 19.3 Å². The van der Waals surface area contributed by atoms with E-state index >= 15 is 0 Å². The highest BCUT2D eigenvalue weighted by atomic mass is 32.1. The van der Waals surface area contributed by atoms with Crippen LogP contribution in [0.25, 0.3) is 5.57 Å². The minimum Gasteiger partial charge on any atom is -0.293 e. The average Bonchev–Trinajstić information content (AvgIpc) is 3.04. The standard InChI is InChI=1S/C19H19NO3S/c21-17-11-14-3-1-2-4-15(14)18(16-7-10-24-19(16)17)13-5-8-20(9-6-13)12-23-22/h1-4,7,10,22H,5-6,8-9,11-12H2. The number of thiophene rings is 1. The van der Waals surface area contributed by atoms with Crippen LogP contribution in [0, 0.1) is 0 Å². The van der Waals surface area contributed by atoms with Crippen LogP contribution in [0.4, 0.5) is 0 Å². The zero-order valence-electron chi connectivity index (χ0n) is 13.3. The molecule has 2 aromatic rings. The fourth-order valence-electron chi connectivity index (χ4n) is 3.70. The molecule has 2 aliphatic rings. The van der Waals surface area contributed by atoms with Gasteiger partial charge in [-0.15, -0.1) is 11.3 Å². The summed E-state index contributed by atoms with van der Waals surface area (Å²) in [6.07, 6.45) is 2.33. The van der Waals surface area contributed by atoms with Crippen LogP contribution in [-0.4, -0.2) is 35.8 Å². The van der Waals surface area contributed by atoms with Gasteiger partial charge in [0.1, 0.15) is 6.73 Å². The van der Waals surface area contributed by atoms with Gasteiger partial charge >= 0.3 is 0 Å². The van der Waals surface area contributed by atoms with Crippen LogP contribution in [0.5, 0.6) is 0 Å². The van der Waals surface area contributed by atoms with E-state index < -0.39 is 0 Å². The van der Waals surface area contributed by atoms with Gasteiger partial charge in [0.15, 0.2) is 5.78 Å². The zero-order valence-corrected chi connectivity index (χ0v) is 14.1. The van der Waals surface area contributed by atoms with Crippen LogP contribution in [0.1, 0.15) is 39.2 Å². The summed E-state index contributed by atoms with van der Waals surface area (Å²) in [7, 11) is 0. The summed E-state index contributed by atoms with van der Waals surface area (Å²) in [4.78, 5) is 19.9. The van der Waals surface area contributed by atoms with Crippen molar-refractivity contribution >= 4 is 22.7 Å². The topological polar surface area (TPSA) is 49.8 Å². The molecule has 0 spiro atoms. The normalized spacial score (nSPS) is 18.3. The Bertz CT molecular complexity index is 798. The smallest absolute Gasteiger partial charge is 0.177 e. The first-order chi connectivity index (χ1) is 11.8. The Kier molecular flexibility index (Phi) is 4.33. The van der Waals surface area contributed by atoms with E-state index in [-0.39, 0.29) is 12.5 Å². The Morgan fingerprint density at radius 1 is 1.12 bits per heavy atom. The first-order valence-electron chi connectivity index (χ1n) is 8.18. The second-order valence-corrected chi connectivity index (χ2v) is 7.19. The third kappa shape index (κ3) is 2.74. The molecule has 0 radical (unpaired) electrons. The van der Waals surface area contributed by atoms with Crippen molar-refractivity contribution in [3.05, 3.63) is 62.9 Å². The zero-order chi connectivity index (χ0) is 16.5. The Hall–Kier alpha value is -1.79. The molecule has 4 rings (SSSR count). The lowest BCUT2D eigenvalue weighted by atomic mass is 9.88. The molecule has 1 aliphatic heterocycles. The predicted octanol–water partition coefficient (Wildman–Crippen LogP) is 3.83. The van der Waals surface area contributed by atoms with Gasteiger partial charge < -0.3 is 0 Å². The third-order valence-electron chi connectivity index (χ3n) is 4.88. The summed E-state index contributed by atoms with van der Waals surface area (Å²) >= 11 is 1.55. The molecule has 2 heterocycles. The highest BCUT2D eigenvalue weighted by molar-refractivity contribution is 7.12. The second kappa shape index (κ2) is 6.61. The molecule has 124 valence electrons. The van der Waals surface area contributed by atoms with E-state index in [1.165, 1.54) is 16.7 Å². The molecule has 24 heavy (non-hydrogen) atoms. The Labute approximate surface area is 144 Å². The Balaban J connectivity index is 1.82. The number of likely N-dealkylation sites (tertiary alicyclic amines) is 1. The largest absolute Gasteiger partial charge is 0.293 e. The number of Topliss-reactive ketones (excluding diaryl/α,β-unsaturated/α-hetero) is 1. The molecule has 1 saturated heterocycles. The lowest BCUT2D eigenvalue weighted by Crippen LogP contribution is -2.32. The van der Waals surface area contributed by atoms with Crippen molar-refractivity contribution < 1.29 is 14.9 Å². The average molecular weight is 341 g/mol. The molecule has 4 nitrogen and oxygen atoms in total. The van der Waals surface area contributed by atoms with Crippen LogP contribution < -0.4 is 0 Å². The summed E-state index contributed by atoms with van der Waals surface area (Å²) in [6, 6.07) is 10.4. The van der Waals surface area contributed by atoms with Crippen molar-refractivity contribution in [3.8, 4) is 0 Å². The summed E-state index contributed by atoms with van der Waals surface area (Å²) in [5.41, 5.74) is 6.06. The van der Waals surface area contributed by atoms with Crippen LogP contribution >= 0.6 is 11.3 Å². The molecular formula is C19H19NO3S. The summed E-state index contributed by atoms with van der Waals surface area (Å²) < 4.78 is 0. The Morgan fingerprint density at radius 2 is 1.92 bits per heavy atom. The van der Waals surface area contributed by atoms with Crippen molar-refractivity contribution in [1.82, 2.24) is 4.90 Å². The van der Waals surface area contributed by atoms with E-state index in [4.69, 9.17) is 5.26 Å². The molecule has 1 N–H and O–H groups in total. The van der Waals surface area contributed by atoms with Crippen molar-refractivity contribution in [1.29, 1.82) is 0 Å². The molecule has 0 amide bonds. The number of hydrogen-bond acceptors (Lipinski definition) is 5. The highest BCUT2D eigenvalue weighted by Gasteiger charge is 2.27. The lowest BCUT2D eigenvalue weighted by molar-refractivity contribution is -0.269. The monoisotopic (exact) mass is 341 g/mol. The maximum Gasteiger partial charge on any atom is 0.177 e. The molecule has 1 aliphatic carbocycles. The van der Waals surface area contributed by atoms with E-state index in [1.807, 2.05) is 11.4 Å². The fourth-order valence-corrected chi connectivity index (χ4v) is 4.54. The van der Waals surface area contributed by atoms with Crippen LogP contribution in [0.2, 0.25) is 0 Å². The van der Waals surface area contributed by atoms with E-state index in [2.05, 4.69) is 34.1 Å². The van der Waals surface area contributed by atoms with Crippen molar-refractivity contribution in [2.24, 2.45) is 0 Å². The maximum absolute atomic E-state index is 12.6. The van der Waals surface area contributed by atoms with Gasteiger partial charge in [-0.2, -0.15) is 0 Å². The maximum atomic E-state index is 12.6. The molecule has 1 aromatic carbocycles. The van der Waals surface area contributed by atoms with Crippen molar-refractivity contribution in [3.63, 3.8) is 0 Å². The number of piperidine rings is 1. The molecule has 0 bridgehead atoms. The lowest BCUT2D eigenvalue weighted by Gasteiger charge is -2.28. The number of benzene rings is 1. The minimum absolute atomic E-state index is 0.217. The number of ketones is 1. The fraction of sp³-hybridized carbons (Fsp3) is 0.316. The van der Waals surface area contributed by atoms with Crippen LogP contribution in [0.3, 0.4) is 0 Å². The second-order valence-electron chi connectivity index (χ2n) is 6.28.